The molecule has 18 heavy (non-hydrogen) atoms. The largest absolute Gasteiger partial charge is 0.377 e. The van der Waals surface area contributed by atoms with E-state index in [-0.39, 0.29) is 6.04 Å². The monoisotopic (exact) mass is 268 g/mol. The number of hydrogen-bond acceptors (Lipinski definition) is 4. The molecule has 0 aromatic carbocycles. The Morgan fingerprint density at radius 3 is 3.00 bits per heavy atom. The van der Waals surface area contributed by atoms with Gasteiger partial charge in [0.15, 0.2) is 0 Å². The Hall–Kier alpha value is -0.420. The maximum absolute atomic E-state index is 6.31. The zero-order chi connectivity index (χ0) is 13.0. The van der Waals surface area contributed by atoms with Gasteiger partial charge in [-0.15, -0.1) is 0 Å². The lowest BCUT2D eigenvalue weighted by Gasteiger charge is -2.33. The minimum atomic E-state index is 0.186. The van der Waals surface area contributed by atoms with E-state index >= 15 is 0 Å². The van der Waals surface area contributed by atoms with Crippen LogP contribution in [0, 0.1) is 0 Å². The summed E-state index contributed by atoms with van der Waals surface area (Å²) < 4.78 is 5.72. The number of rotatable bonds is 6. The quantitative estimate of drug-likeness (QED) is 0.862. The molecule has 3 unspecified atom stereocenters. The summed E-state index contributed by atoms with van der Waals surface area (Å²) >= 11 is 1.74. The zero-order valence-corrected chi connectivity index (χ0v) is 12.2. The molecule has 1 aromatic rings. The molecule has 2 heterocycles. The number of nitrogens with two attached hydrogens (primary N) is 1. The molecular weight excluding hydrogens is 244 g/mol. The fraction of sp³-hybridized carbons (Fsp3) is 0.714. The van der Waals surface area contributed by atoms with Gasteiger partial charge in [0.25, 0.3) is 0 Å². The highest BCUT2D eigenvalue weighted by Gasteiger charge is 2.26. The molecule has 1 fully saturated rings. The van der Waals surface area contributed by atoms with Gasteiger partial charge < -0.3 is 10.5 Å². The Bertz CT molecular complexity index is 336. The second-order valence-electron chi connectivity index (χ2n) is 5.15. The predicted octanol–water partition coefficient (Wildman–Crippen LogP) is 2.64. The lowest BCUT2D eigenvalue weighted by atomic mass is 9.99. The van der Waals surface area contributed by atoms with Crippen molar-refractivity contribution in [2.24, 2.45) is 5.73 Å². The van der Waals surface area contributed by atoms with Crippen molar-refractivity contribution in [2.75, 3.05) is 20.2 Å². The predicted molar refractivity (Wildman–Crippen MR) is 76.9 cm³/mol. The van der Waals surface area contributed by atoms with Crippen molar-refractivity contribution in [1.29, 1.82) is 0 Å². The van der Waals surface area contributed by atoms with Crippen molar-refractivity contribution in [3.8, 4) is 0 Å². The van der Waals surface area contributed by atoms with E-state index in [4.69, 9.17) is 10.5 Å². The first-order chi connectivity index (χ1) is 8.72. The normalized spacial score (nSPS) is 23.4. The first-order valence-electron chi connectivity index (χ1n) is 6.82. The van der Waals surface area contributed by atoms with Gasteiger partial charge in [-0.05, 0) is 48.7 Å². The molecule has 4 heteroatoms. The van der Waals surface area contributed by atoms with E-state index in [1.54, 1.807) is 11.3 Å². The summed E-state index contributed by atoms with van der Waals surface area (Å²) in [4.78, 5) is 2.37. The zero-order valence-electron chi connectivity index (χ0n) is 11.3. The molecule has 3 nitrogen and oxygen atoms in total. The first-order valence-corrected chi connectivity index (χ1v) is 7.76. The third kappa shape index (κ3) is 3.32. The molecule has 102 valence electrons. The maximum atomic E-state index is 6.31. The second kappa shape index (κ2) is 6.66. The topological polar surface area (TPSA) is 38.5 Å². The van der Waals surface area contributed by atoms with Crippen LogP contribution in [0.1, 0.15) is 37.8 Å². The second-order valence-corrected chi connectivity index (χ2v) is 5.93. The highest BCUT2D eigenvalue weighted by molar-refractivity contribution is 7.07. The van der Waals surface area contributed by atoms with Crippen LogP contribution in [0.25, 0.3) is 0 Å². The molecule has 0 saturated carbocycles. The summed E-state index contributed by atoms with van der Waals surface area (Å²) in [5.41, 5.74) is 7.65. The standard InChI is InChI=1S/C14H24N2OS/c1-3-13(15)14(11-6-8-18-10-11)16(2)9-12-5-4-7-17-12/h6,8,10,12-14H,3-5,7,9,15H2,1-2H3. The van der Waals surface area contributed by atoms with Gasteiger partial charge in [0.2, 0.25) is 0 Å². The first kappa shape index (κ1) is 14.0. The number of ether oxygens (including phenoxy) is 1. The van der Waals surface area contributed by atoms with Crippen LogP contribution in [0.5, 0.6) is 0 Å². The minimum absolute atomic E-state index is 0.186. The van der Waals surface area contributed by atoms with Crippen molar-refractivity contribution < 1.29 is 4.74 Å². The molecule has 0 aliphatic carbocycles. The Kier molecular flexibility index (Phi) is 5.18. The van der Waals surface area contributed by atoms with Crippen LogP contribution in [-0.4, -0.2) is 37.2 Å². The Morgan fingerprint density at radius 2 is 2.44 bits per heavy atom. The van der Waals surface area contributed by atoms with Crippen LogP contribution in [0.15, 0.2) is 16.8 Å². The average molecular weight is 268 g/mol. The van der Waals surface area contributed by atoms with Crippen molar-refractivity contribution in [1.82, 2.24) is 4.90 Å². The van der Waals surface area contributed by atoms with Gasteiger partial charge in [0.05, 0.1) is 12.1 Å². The third-order valence-electron chi connectivity index (χ3n) is 3.75. The summed E-state index contributed by atoms with van der Waals surface area (Å²) in [6.07, 6.45) is 3.76. The smallest absolute Gasteiger partial charge is 0.0702 e. The molecule has 0 amide bonds. The molecule has 3 atom stereocenters. The van der Waals surface area contributed by atoms with Gasteiger partial charge >= 0.3 is 0 Å². The molecule has 1 saturated heterocycles. The summed E-state index contributed by atoms with van der Waals surface area (Å²) in [6, 6.07) is 2.69. The number of nitrogens with zero attached hydrogens (tertiary/aromatic N) is 1. The molecule has 0 spiro atoms. The maximum Gasteiger partial charge on any atom is 0.0702 e. The lowest BCUT2D eigenvalue weighted by Crippen LogP contribution is -2.41. The number of likely N-dealkylation sites (N-methyl/N-ethyl adjacent to an activating group) is 1. The molecule has 2 rings (SSSR count). The molecule has 0 bridgehead atoms. The molecule has 1 aliphatic heterocycles. The SMILES string of the molecule is CCC(N)C(c1ccsc1)N(C)CC1CCCO1. The molecule has 0 radical (unpaired) electrons. The van der Waals surface area contributed by atoms with Crippen LogP contribution in [0.4, 0.5) is 0 Å². The van der Waals surface area contributed by atoms with Crippen LogP contribution in [-0.2, 0) is 4.74 Å². The Morgan fingerprint density at radius 1 is 1.61 bits per heavy atom. The fourth-order valence-electron chi connectivity index (χ4n) is 2.72. The van der Waals surface area contributed by atoms with Gasteiger partial charge in [-0.2, -0.15) is 11.3 Å². The van der Waals surface area contributed by atoms with E-state index in [1.165, 1.54) is 18.4 Å². The van der Waals surface area contributed by atoms with Crippen molar-refractivity contribution in [3.05, 3.63) is 22.4 Å². The van der Waals surface area contributed by atoms with E-state index in [0.717, 1.165) is 19.6 Å². The van der Waals surface area contributed by atoms with Crippen LogP contribution >= 0.6 is 11.3 Å². The van der Waals surface area contributed by atoms with E-state index in [2.05, 4.69) is 35.7 Å². The summed E-state index contributed by atoms with van der Waals surface area (Å²) in [5.74, 6) is 0. The van der Waals surface area contributed by atoms with Gasteiger partial charge in [-0.1, -0.05) is 6.92 Å². The Labute approximate surface area is 114 Å². The molecule has 2 N–H and O–H groups in total. The highest BCUT2D eigenvalue weighted by atomic mass is 32.1. The summed E-state index contributed by atoms with van der Waals surface area (Å²) in [6.45, 7) is 4.06. The van der Waals surface area contributed by atoms with Gasteiger partial charge in [-0.3, -0.25) is 4.90 Å². The molecule has 1 aliphatic rings. The summed E-state index contributed by atoms with van der Waals surface area (Å²) in [5, 5.41) is 4.34. The highest BCUT2D eigenvalue weighted by Crippen LogP contribution is 2.27. The van der Waals surface area contributed by atoms with E-state index in [1.807, 2.05) is 0 Å². The summed E-state index contributed by atoms with van der Waals surface area (Å²) in [7, 11) is 2.17. The van der Waals surface area contributed by atoms with Crippen molar-refractivity contribution >= 4 is 11.3 Å². The van der Waals surface area contributed by atoms with E-state index < -0.39 is 0 Å². The van der Waals surface area contributed by atoms with Crippen molar-refractivity contribution in [2.45, 2.75) is 44.4 Å². The number of hydrogen-bond donors (Lipinski definition) is 1. The minimum Gasteiger partial charge on any atom is -0.377 e. The fourth-order valence-corrected chi connectivity index (χ4v) is 3.41. The van der Waals surface area contributed by atoms with Crippen LogP contribution < -0.4 is 5.73 Å². The van der Waals surface area contributed by atoms with E-state index in [0.29, 0.717) is 12.1 Å². The van der Waals surface area contributed by atoms with Gasteiger partial charge in [0.1, 0.15) is 0 Å². The lowest BCUT2D eigenvalue weighted by molar-refractivity contribution is 0.0629. The Balaban J connectivity index is 2.03. The third-order valence-corrected chi connectivity index (χ3v) is 4.45. The molecular formula is C14H24N2OS. The van der Waals surface area contributed by atoms with Gasteiger partial charge in [-0.25, -0.2) is 0 Å². The van der Waals surface area contributed by atoms with Crippen molar-refractivity contribution in [3.63, 3.8) is 0 Å². The average Bonchev–Trinajstić information content (AvgIpc) is 3.02. The van der Waals surface area contributed by atoms with Crippen LogP contribution in [0.2, 0.25) is 0 Å². The number of thiophene rings is 1. The molecule has 1 aromatic heterocycles. The van der Waals surface area contributed by atoms with Crippen LogP contribution in [0.3, 0.4) is 0 Å². The van der Waals surface area contributed by atoms with Gasteiger partial charge in [0, 0.05) is 19.2 Å². The van der Waals surface area contributed by atoms with E-state index in [9.17, 15) is 0 Å².